The van der Waals surface area contributed by atoms with E-state index in [4.69, 9.17) is 20.3 Å². The Morgan fingerprint density at radius 2 is 2.18 bits per heavy atom. The van der Waals surface area contributed by atoms with Gasteiger partial charge in [-0.2, -0.15) is 13.1 Å². The smallest absolute Gasteiger partial charge is 0.274 e. The van der Waals surface area contributed by atoms with Crippen molar-refractivity contribution in [2.75, 3.05) is 18.9 Å². The molecule has 7 nitrogen and oxygen atoms in total. The van der Waals surface area contributed by atoms with Crippen LogP contribution >= 0.6 is 0 Å². The fraction of sp³-hybridized carbons (Fsp3) is 0.333. The molecule has 1 unspecified atom stereocenters. The molecule has 17 heavy (non-hydrogen) atoms. The Labute approximate surface area is 98.9 Å². The topological polar surface area (TPSA) is 117 Å². The molecule has 8 heteroatoms. The van der Waals surface area contributed by atoms with E-state index in [0.717, 1.165) is 0 Å². The highest BCUT2D eigenvalue weighted by molar-refractivity contribution is 7.87. The molecule has 0 amide bonds. The minimum absolute atomic E-state index is 0.0487. The van der Waals surface area contributed by atoms with Gasteiger partial charge in [0.1, 0.15) is 12.7 Å². The van der Waals surface area contributed by atoms with Gasteiger partial charge in [-0.25, -0.2) is 5.14 Å². The van der Waals surface area contributed by atoms with Gasteiger partial charge in [0.25, 0.3) is 10.2 Å². The van der Waals surface area contributed by atoms with Crippen molar-refractivity contribution in [2.45, 2.75) is 6.10 Å². The molecule has 0 aromatic heterocycles. The predicted molar refractivity (Wildman–Crippen MR) is 61.9 cm³/mol. The number of hydrogen-bond donors (Lipinski definition) is 3. The number of ether oxygens (including phenoxy) is 2. The zero-order chi connectivity index (χ0) is 12.5. The van der Waals surface area contributed by atoms with Crippen LogP contribution in [-0.2, 0) is 10.2 Å². The number of nitrogens with two attached hydrogens (primary N) is 2. The average Bonchev–Trinajstić information content (AvgIpc) is 2.24. The van der Waals surface area contributed by atoms with Crippen molar-refractivity contribution in [2.24, 2.45) is 5.14 Å². The van der Waals surface area contributed by atoms with E-state index in [2.05, 4.69) is 4.72 Å². The van der Waals surface area contributed by atoms with Gasteiger partial charge >= 0.3 is 0 Å². The number of anilines is 1. The van der Waals surface area contributed by atoms with Crippen molar-refractivity contribution in [1.82, 2.24) is 4.72 Å². The number of benzene rings is 1. The Kier molecular flexibility index (Phi) is 3.09. The molecule has 1 atom stereocenters. The predicted octanol–water partition coefficient (Wildman–Crippen LogP) is -0.798. The third-order valence-electron chi connectivity index (χ3n) is 2.20. The van der Waals surface area contributed by atoms with Crippen LogP contribution in [0.3, 0.4) is 0 Å². The van der Waals surface area contributed by atoms with Crippen LogP contribution in [0.25, 0.3) is 0 Å². The molecule has 0 saturated carbocycles. The van der Waals surface area contributed by atoms with Crippen molar-refractivity contribution in [1.29, 1.82) is 0 Å². The second kappa shape index (κ2) is 4.40. The first-order chi connectivity index (χ1) is 7.94. The van der Waals surface area contributed by atoms with Crippen LogP contribution in [0.15, 0.2) is 18.2 Å². The second-order valence-corrected chi connectivity index (χ2v) is 5.03. The molecule has 0 bridgehead atoms. The van der Waals surface area contributed by atoms with Gasteiger partial charge in [-0.15, -0.1) is 0 Å². The number of fused-ring (bicyclic) bond motifs is 1. The Morgan fingerprint density at radius 1 is 1.41 bits per heavy atom. The first-order valence-electron chi connectivity index (χ1n) is 4.90. The third kappa shape index (κ3) is 3.22. The largest absolute Gasteiger partial charge is 0.486 e. The van der Waals surface area contributed by atoms with E-state index in [-0.39, 0.29) is 13.2 Å². The summed E-state index contributed by atoms with van der Waals surface area (Å²) in [4.78, 5) is 0. The Balaban J connectivity index is 2.03. The fourth-order valence-electron chi connectivity index (χ4n) is 1.44. The minimum atomic E-state index is -3.72. The van der Waals surface area contributed by atoms with Gasteiger partial charge in [0, 0.05) is 11.8 Å². The lowest BCUT2D eigenvalue weighted by atomic mass is 10.2. The number of nitrogens with one attached hydrogen (secondary N) is 1. The molecule has 0 spiro atoms. The molecule has 0 radical (unpaired) electrons. The van der Waals surface area contributed by atoms with Gasteiger partial charge in [-0.05, 0) is 12.1 Å². The quantitative estimate of drug-likeness (QED) is 0.614. The van der Waals surface area contributed by atoms with Crippen molar-refractivity contribution < 1.29 is 17.9 Å². The van der Waals surface area contributed by atoms with Crippen LogP contribution in [0, 0.1) is 0 Å². The lowest BCUT2D eigenvalue weighted by Crippen LogP contribution is -2.42. The lowest BCUT2D eigenvalue weighted by Gasteiger charge is -2.26. The highest BCUT2D eigenvalue weighted by Gasteiger charge is 2.22. The number of rotatable bonds is 3. The molecule has 2 rings (SSSR count). The van der Waals surface area contributed by atoms with E-state index in [1.165, 1.54) is 0 Å². The molecule has 0 aliphatic carbocycles. The van der Waals surface area contributed by atoms with Crippen LogP contribution in [-0.4, -0.2) is 27.7 Å². The summed E-state index contributed by atoms with van der Waals surface area (Å²) in [6.45, 7) is 0.298. The highest BCUT2D eigenvalue weighted by Crippen LogP contribution is 2.33. The Hall–Kier alpha value is -1.51. The Morgan fingerprint density at radius 3 is 2.88 bits per heavy atom. The van der Waals surface area contributed by atoms with Crippen LogP contribution in [0.4, 0.5) is 5.69 Å². The van der Waals surface area contributed by atoms with Crippen LogP contribution in [0.5, 0.6) is 11.5 Å². The van der Waals surface area contributed by atoms with E-state index in [9.17, 15) is 8.42 Å². The zero-order valence-electron chi connectivity index (χ0n) is 8.92. The van der Waals surface area contributed by atoms with Crippen molar-refractivity contribution >= 4 is 15.9 Å². The summed E-state index contributed by atoms with van der Waals surface area (Å²) in [6, 6.07) is 5.03. The minimum Gasteiger partial charge on any atom is -0.486 e. The summed E-state index contributed by atoms with van der Waals surface area (Å²) < 4.78 is 34.5. The fourth-order valence-corrected chi connectivity index (χ4v) is 1.86. The first-order valence-corrected chi connectivity index (χ1v) is 6.45. The summed E-state index contributed by atoms with van der Waals surface area (Å²) in [5.41, 5.74) is 6.15. The summed E-state index contributed by atoms with van der Waals surface area (Å²) >= 11 is 0. The number of hydrogen-bond acceptors (Lipinski definition) is 5. The molecule has 5 N–H and O–H groups in total. The molecule has 1 heterocycles. The third-order valence-corrected chi connectivity index (χ3v) is 2.77. The summed E-state index contributed by atoms with van der Waals surface area (Å²) in [6.07, 6.45) is -0.428. The molecule has 1 aliphatic heterocycles. The Bertz CT molecular complexity index is 517. The first kappa shape index (κ1) is 12.0. The van der Waals surface area contributed by atoms with Gasteiger partial charge in [0.05, 0.1) is 6.54 Å². The second-order valence-electron chi connectivity index (χ2n) is 3.65. The molecular formula is C9H13N3O4S. The SMILES string of the molecule is Nc1ccc2c(c1)OC(CNS(N)(=O)=O)CO2. The van der Waals surface area contributed by atoms with Crippen LogP contribution < -0.4 is 25.1 Å². The molecule has 1 aliphatic rings. The van der Waals surface area contributed by atoms with Crippen molar-refractivity contribution in [3.63, 3.8) is 0 Å². The maximum atomic E-state index is 10.7. The van der Waals surface area contributed by atoms with Crippen molar-refractivity contribution in [3.8, 4) is 11.5 Å². The molecule has 1 aromatic carbocycles. The van der Waals surface area contributed by atoms with E-state index < -0.39 is 16.3 Å². The van der Waals surface area contributed by atoms with Gasteiger partial charge in [0.2, 0.25) is 0 Å². The molecular weight excluding hydrogens is 246 g/mol. The van der Waals surface area contributed by atoms with Gasteiger partial charge in [-0.3, -0.25) is 0 Å². The maximum absolute atomic E-state index is 10.7. The monoisotopic (exact) mass is 259 g/mol. The zero-order valence-corrected chi connectivity index (χ0v) is 9.74. The summed E-state index contributed by atoms with van der Waals surface area (Å²) in [5.74, 6) is 1.09. The van der Waals surface area contributed by atoms with Crippen LogP contribution in [0.1, 0.15) is 0 Å². The summed E-state index contributed by atoms with van der Waals surface area (Å²) in [7, 11) is -3.72. The van der Waals surface area contributed by atoms with Crippen LogP contribution in [0.2, 0.25) is 0 Å². The van der Waals surface area contributed by atoms with E-state index >= 15 is 0 Å². The van der Waals surface area contributed by atoms with E-state index in [1.807, 2.05) is 0 Å². The molecule has 94 valence electrons. The standard InChI is InChI=1S/C9H13N3O4S/c10-6-1-2-8-9(3-6)16-7(5-15-8)4-12-17(11,13)14/h1-3,7,12H,4-5,10H2,(H2,11,13,14). The van der Waals surface area contributed by atoms with E-state index in [1.54, 1.807) is 18.2 Å². The molecule has 0 fully saturated rings. The van der Waals surface area contributed by atoms with Gasteiger partial charge in [-0.1, -0.05) is 0 Å². The van der Waals surface area contributed by atoms with Gasteiger partial charge in [0.15, 0.2) is 11.5 Å². The number of nitrogen functional groups attached to an aromatic ring is 1. The maximum Gasteiger partial charge on any atom is 0.274 e. The summed E-state index contributed by atoms with van der Waals surface area (Å²) in [5, 5.41) is 4.82. The molecule has 1 aromatic rings. The van der Waals surface area contributed by atoms with E-state index in [0.29, 0.717) is 17.2 Å². The van der Waals surface area contributed by atoms with Gasteiger partial charge < -0.3 is 15.2 Å². The van der Waals surface area contributed by atoms with Crippen molar-refractivity contribution in [3.05, 3.63) is 18.2 Å². The molecule has 0 saturated heterocycles. The lowest BCUT2D eigenvalue weighted by molar-refractivity contribution is 0.0944. The normalized spacial score (nSPS) is 19.0. The highest BCUT2D eigenvalue weighted by atomic mass is 32.2. The average molecular weight is 259 g/mol.